The molecule has 0 spiro atoms. The molecule has 4 heteroatoms. The Labute approximate surface area is 115 Å². The van der Waals surface area contributed by atoms with Crippen LogP contribution in [0.4, 0.5) is 0 Å². The highest BCUT2D eigenvalue weighted by molar-refractivity contribution is 8.46. The number of rotatable bonds is 3. The first-order valence-corrected chi connectivity index (χ1v) is 7.81. The van der Waals surface area contributed by atoms with E-state index < -0.39 is 0 Å². The van der Waals surface area contributed by atoms with E-state index in [-0.39, 0.29) is 0 Å². The van der Waals surface area contributed by atoms with Gasteiger partial charge >= 0.3 is 0 Å². The Kier molecular flexibility index (Phi) is 4.83. The van der Waals surface area contributed by atoms with Crippen LogP contribution in [0.15, 0.2) is 36.5 Å². The molecule has 2 aromatic rings. The summed E-state index contributed by atoms with van der Waals surface area (Å²) >= 11 is 8.70. The quantitative estimate of drug-likeness (QED) is 0.766. The van der Waals surface area contributed by atoms with E-state index in [1.807, 2.05) is 12.3 Å². The molecule has 0 fully saturated rings. The third kappa shape index (κ3) is 3.44. The van der Waals surface area contributed by atoms with E-state index in [2.05, 4.69) is 36.2 Å². The fourth-order valence-corrected chi connectivity index (χ4v) is 3.70. The zero-order valence-corrected chi connectivity index (χ0v) is 12.0. The standard InChI is InChI=1S/C13H13NS3/c1-2-16-13(15)17-9-12-11-6-4-3-5-10(11)7-8-14-12/h3-8H,2,9H2,1H3. The normalized spacial score (nSPS) is 10.6. The molecule has 0 aliphatic heterocycles. The second kappa shape index (κ2) is 6.38. The van der Waals surface area contributed by atoms with Gasteiger partial charge in [0.15, 0.2) is 0 Å². The molecule has 88 valence electrons. The van der Waals surface area contributed by atoms with E-state index in [4.69, 9.17) is 12.2 Å². The van der Waals surface area contributed by atoms with Gasteiger partial charge in [-0.3, -0.25) is 4.98 Å². The molecule has 0 aliphatic rings. The zero-order chi connectivity index (χ0) is 12.1. The lowest BCUT2D eigenvalue weighted by molar-refractivity contribution is 1.21. The van der Waals surface area contributed by atoms with Gasteiger partial charge in [0.25, 0.3) is 0 Å². The van der Waals surface area contributed by atoms with Crippen molar-refractivity contribution < 1.29 is 0 Å². The van der Waals surface area contributed by atoms with Crippen molar-refractivity contribution in [2.75, 3.05) is 5.75 Å². The van der Waals surface area contributed by atoms with Crippen molar-refractivity contribution >= 4 is 50.0 Å². The average Bonchev–Trinajstić information content (AvgIpc) is 2.36. The van der Waals surface area contributed by atoms with E-state index in [1.54, 1.807) is 23.5 Å². The average molecular weight is 279 g/mol. The van der Waals surface area contributed by atoms with E-state index in [9.17, 15) is 0 Å². The van der Waals surface area contributed by atoms with Crippen LogP contribution in [0, 0.1) is 0 Å². The lowest BCUT2D eigenvalue weighted by Crippen LogP contribution is -1.91. The van der Waals surface area contributed by atoms with E-state index in [0.29, 0.717) is 0 Å². The Morgan fingerprint density at radius 2 is 2.06 bits per heavy atom. The summed E-state index contributed by atoms with van der Waals surface area (Å²) in [6.45, 7) is 2.12. The minimum Gasteiger partial charge on any atom is -0.260 e. The molecule has 0 radical (unpaired) electrons. The number of nitrogens with zero attached hydrogens (tertiary/aromatic N) is 1. The van der Waals surface area contributed by atoms with Crippen LogP contribution in [-0.4, -0.2) is 14.3 Å². The molecule has 2 rings (SSSR count). The molecule has 0 atom stereocenters. The van der Waals surface area contributed by atoms with Crippen molar-refractivity contribution in [1.29, 1.82) is 0 Å². The minimum absolute atomic E-state index is 0.854. The predicted molar refractivity (Wildman–Crippen MR) is 83.8 cm³/mol. The molecular weight excluding hydrogens is 266 g/mol. The third-order valence-electron chi connectivity index (χ3n) is 2.35. The van der Waals surface area contributed by atoms with Gasteiger partial charge in [-0.1, -0.05) is 43.4 Å². The van der Waals surface area contributed by atoms with Crippen LogP contribution in [0.1, 0.15) is 12.6 Å². The molecule has 0 saturated heterocycles. The van der Waals surface area contributed by atoms with Gasteiger partial charge in [0, 0.05) is 17.3 Å². The molecular formula is C13H13NS3. The van der Waals surface area contributed by atoms with Gasteiger partial charge in [-0.15, -0.1) is 23.5 Å². The van der Waals surface area contributed by atoms with Gasteiger partial charge in [-0.25, -0.2) is 0 Å². The third-order valence-corrected chi connectivity index (χ3v) is 4.94. The molecule has 0 N–H and O–H groups in total. The first-order chi connectivity index (χ1) is 8.31. The largest absolute Gasteiger partial charge is 0.260 e. The summed E-state index contributed by atoms with van der Waals surface area (Å²) < 4.78 is 1.00. The summed E-state index contributed by atoms with van der Waals surface area (Å²) in [6.07, 6.45) is 1.87. The summed E-state index contributed by atoms with van der Waals surface area (Å²) in [6, 6.07) is 10.4. The highest BCUT2D eigenvalue weighted by Gasteiger charge is 2.04. The maximum atomic E-state index is 5.27. The number of benzene rings is 1. The topological polar surface area (TPSA) is 12.9 Å². The summed E-state index contributed by atoms with van der Waals surface area (Å²) in [5.74, 6) is 1.89. The lowest BCUT2D eigenvalue weighted by Gasteiger charge is -2.05. The molecule has 0 aliphatic carbocycles. The maximum Gasteiger partial charge on any atom is 0.104 e. The van der Waals surface area contributed by atoms with Crippen molar-refractivity contribution in [2.24, 2.45) is 0 Å². The summed E-state index contributed by atoms with van der Waals surface area (Å²) in [5, 5.41) is 2.47. The number of thiocarbonyl (C=S) groups is 1. The Morgan fingerprint density at radius 3 is 2.88 bits per heavy atom. The van der Waals surface area contributed by atoms with Crippen molar-refractivity contribution in [3.05, 3.63) is 42.2 Å². The van der Waals surface area contributed by atoms with Gasteiger partial charge < -0.3 is 0 Å². The number of fused-ring (bicyclic) bond motifs is 1. The molecule has 1 aromatic carbocycles. The zero-order valence-electron chi connectivity index (χ0n) is 9.55. The fourth-order valence-electron chi connectivity index (χ4n) is 1.58. The van der Waals surface area contributed by atoms with Gasteiger partial charge in [0.05, 0.1) is 5.69 Å². The smallest absolute Gasteiger partial charge is 0.104 e. The van der Waals surface area contributed by atoms with Crippen molar-refractivity contribution in [3.63, 3.8) is 0 Å². The Hall–Kier alpha value is -0.580. The van der Waals surface area contributed by atoms with E-state index >= 15 is 0 Å². The number of hydrogen-bond donors (Lipinski definition) is 0. The highest BCUT2D eigenvalue weighted by atomic mass is 32.2. The molecule has 1 heterocycles. The highest BCUT2D eigenvalue weighted by Crippen LogP contribution is 2.24. The molecule has 0 amide bonds. The number of thioether (sulfide) groups is 2. The van der Waals surface area contributed by atoms with Gasteiger partial charge in [0.1, 0.15) is 3.53 Å². The van der Waals surface area contributed by atoms with Crippen molar-refractivity contribution in [2.45, 2.75) is 12.7 Å². The number of hydrogen-bond acceptors (Lipinski definition) is 4. The van der Waals surface area contributed by atoms with Crippen LogP contribution in [-0.2, 0) is 5.75 Å². The monoisotopic (exact) mass is 279 g/mol. The van der Waals surface area contributed by atoms with Crippen molar-refractivity contribution in [1.82, 2.24) is 4.98 Å². The summed E-state index contributed by atoms with van der Waals surface area (Å²) in [7, 11) is 0. The fraction of sp³-hybridized carbons (Fsp3) is 0.231. The van der Waals surface area contributed by atoms with E-state index in [1.165, 1.54) is 10.8 Å². The first kappa shape index (κ1) is 12.9. The maximum absolute atomic E-state index is 5.27. The second-order valence-electron chi connectivity index (χ2n) is 3.45. The first-order valence-electron chi connectivity index (χ1n) is 5.43. The van der Waals surface area contributed by atoms with Crippen LogP contribution in [0.3, 0.4) is 0 Å². The second-order valence-corrected chi connectivity index (χ2v) is 6.89. The van der Waals surface area contributed by atoms with Crippen LogP contribution in [0.5, 0.6) is 0 Å². The van der Waals surface area contributed by atoms with Crippen LogP contribution < -0.4 is 0 Å². The SMILES string of the molecule is CCSC(=S)SCc1nccc2ccccc12. The van der Waals surface area contributed by atoms with Crippen LogP contribution >= 0.6 is 35.7 Å². The van der Waals surface area contributed by atoms with Crippen molar-refractivity contribution in [3.8, 4) is 0 Å². The molecule has 0 unspecified atom stereocenters. The predicted octanol–water partition coefficient (Wildman–Crippen LogP) is 4.51. The Morgan fingerprint density at radius 1 is 1.24 bits per heavy atom. The number of aromatic nitrogens is 1. The minimum atomic E-state index is 0.854. The Bertz CT molecular complexity index is 520. The van der Waals surface area contributed by atoms with Crippen LogP contribution in [0.2, 0.25) is 0 Å². The molecule has 1 aromatic heterocycles. The van der Waals surface area contributed by atoms with Gasteiger partial charge in [0.2, 0.25) is 0 Å². The summed E-state index contributed by atoms with van der Waals surface area (Å²) in [5.41, 5.74) is 1.12. The van der Waals surface area contributed by atoms with Gasteiger partial charge in [-0.2, -0.15) is 0 Å². The van der Waals surface area contributed by atoms with Gasteiger partial charge in [-0.05, 0) is 17.2 Å². The Balaban J connectivity index is 2.16. The molecule has 0 bridgehead atoms. The molecule has 17 heavy (non-hydrogen) atoms. The number of pyridine rings is 1. The lowest BCUT2D eigenvalue weighted by atomic mass is 10.1. The van der Waals surface area contributed by atoms with E-state index in [0.717, 1.165) is 20.7 Å². The van der Waals surface area contributed by atoms with Crippen LogP contribution in [0.25, 0.3) is 10.8 Å². The summed E-state index contributed by atoms with van der Waals surface area (Å²) in [4.78, 5) is 4.45. The molecule has 0 saturated carbocycles. The molecule has 1 nitrogen and oxygen atoms in total.